The summed E-state index contributed by atoms with van der Waals surface area (Å²) in [5, 5.41) is 6.59. The summed E-state index contributed by atoms with van der Waals surface area (Å²) in [5.74, 6) is 0.371. The number of likely N-dealkylation sites (N-methyl/N-ethyl adjacent to an activating group) is 1. The van der Waals surface area contributed by atoms with Gasteiger partial charge in [-0.3, -0.25) is 0 Å². The second kappa shape index (κ2) is 8.70. The molecule has 0 fully saturated rings. The molecule has 128 valence electrons. The minimum absolute atomic E-state index is 0.0574. The fraction of sp³-hybridized carbons (Fsp3) is 0.235. The molecule has 24 heavy (non-hydrogen) atoms. The minimum Gasteiger partial charge on any atom is -0.497 e. The Bertz CT molecular complexity index is 697. The summed E-state index contributed by atoms with van der Waals surface area (Å²) < 4.78 is 18.3. The van der Waals surface area contributed by atoms with Crippen molar-refractivity contribution in [3.8, 4) is 5.75 Å². The Hall–Kier alpha value is -2.05. The molecule has 0 aromatic heterocycles. The third kappa shape index (κ3) is 5.25. The van der Waals surface area contributed by atoms with Crippen LogP contribution >= 0.6 is 23.8 Å². The smallest absolute Gasteiger partial charge is 0.170 e. The second-order valence-electron chi connectivity index (χ2n) is 5.13. The van der Waals surface area contributed by atoms with Crippen molar-refractivity contribution in [2.24, 2.45) is 0 Å². The molecule has 0 atom stereocenters. The van der Waals surface area contributed by atoms with Crippen molar-refractivity contribution in [2.45, 2.75) is 0 Å². The summed E-state index contributed by atoms with van der Waals surface area (Å²) in [6.45, 7) is 1.42. The zero-order valence-electron chi connectivity index (χ0n) is 13.5. The van der Waals surface area contributed by atoms with Gasteiger partial charge in [-0.25, -0.2) is 4.39 Å². The van der Waals surface area contributed by atoms with E-state index in [2.05, 4.69) is 15.5 Å². The normalized spacial score (nSPS) is 10.2. The van der Waals surface area contributed by atoms with Gasteiger partial charge in [-0.05, 0) is 54.7 Å². The molecule has 7 heteroatoms. The van der Waals surface area contributed by atoms with E-state index in [4.69, 9.17) is 28.6 Å². The first-order valence-corrected chi connectivity index (χ1v) is 8.13. The number of anilines is 2. The zero-order chi connectivity index (χ0) is 17.5. The predicted octanol–water partition coefficient (Wildman–Crippen LogP) is 3.91. The van der Waals surface area contributed by atoms with Crippen molar-refractivity contribution < 1.29 is 9.13 Å². The van der Waals surface area contributed by atoms with E-state index >= 15 is 0 Å². The number of halogens is 2. The van der Waals surface area contributed by atoms with E-state index < -0.39 is 5.82 Å². The summed E-state index contributed by atoms with van der Waals surface area (Å²) in [7, 11) is 3.64. The standard InChI is InChI=1S/C17H19ClFN3OS/c1-22(13-4-6-14(23-2)7-5-13)10-9-20-17(24)21-12-3-8-16(19)15(18)11-12/h3-8,11H,9-10H2,1-2H3,(H2,20,21,24). The highest BCUT2D eigenvalue weighted by molar-refractivity contribution is 7.80. The van der Waals surface area contributed by atoms with Crippen LogP contribution in [-0.4, -0.2) is 32.4 Å². The molecule has 0 spiro atoms. The van der Waals surface area contributed by atoms with Gasteiger partial charge in [0.15, 0.2) is 5.11 Å². The molecular weight excluding hydrogens is 349 g/mol. The van der Waals surface area contributed by atoms with Gasteiger partial charge in [0.1, 0.15) is 11.6 Å². The average molecular weight is 368 g/mol. The highest BCUT2D eigenvalue weighted by atomic mass is 35.5. The molecule has 0 aliphatic rings. The Morgan fingerprint density at radius 2 is 1.96 bits per heavy atom. The summed E-state index contributed by atoms with van der Waals surface area (Å²) >= 11 is 11.0. The molecule has 2 N–H and O–H groups in total. The lowest BCUT2D eigenvalue weighted by atomic mass is 10.3. The molecule has 0 unspecified atom stereocenters. The number of nitrogens with one attached hydrogen (secondary N) is 2. The van der Waals surface area contributed by atoms with Crippen molar-refractivity contribution in [2.75, 3.05) is 37.5 Å². The van der Waals surface area contributed by atoms with Gasteiger partial charge in [-0.15, -0.1) is 0 Å². The molecule has 4 nitrogen and oxygen atoms in total. The van der Waals surface area contributed by atoms with Crippen LogP contribution in [0.1, 0.15) is 0 Å². The first kappa shape index (κ1) is 18.3. The van der Waals surface area contributed by atoms with E-state index in [1.54, 1.807) is 13.2 Å². The topological polar surface area (TPSA) is 36.5 Å². The number of ether oxygens (including phenoxy) is 1. The Morgan fingerprint density at radius 3 is 2.58 bits per heavy atom. The van der Waals surface area contributed by atoms with Crippen LogP contribution in [0.15, 0.2) is 42.5 Å². The number of benzene rings is 2. The number of nitrogens with zero attached hydrogens (tertiary/aromatic N) is 1. The third-order valence-electron chi connectivity index (χ3n) is 3.42. The van der Waals surface area contributed by atoms with E-state index in [0.29, 0.717) is 17.3 Å². The van der Waals surface area contributed by atoms with E-state index in [0.717, 1.165) is 18.0 Å². The van der Waals surface area contributed by atoms with Crippen LogP contribution in [-0.2, 0) is 0 Å². The van der Waals surface area contributed by atoms with Gasteiger partial charge in [0, 0.05) is 31.5 Å². The van der Waals surface area contributed by atoms with Crippen LogP contribution in [0.4, 0.5) is 15.8 Å². The number of methoxy groups -OCH3 is 1. The van der Waals surface area contributed by atoms with E-state index in [1.165, 1.54) is 12.1 Å². The number of hydrogen-bond acceptors (Lipinski definition) is 3. The minimum atomic E-state index is -0.456. The first-order chi connectivity index (χ1) is 11.5. The Labute approximate surface area is 151 Å². The van der Waals surface area contributed by atoms with E-state index in [1.807, 2.05) is 31.3 Å². The quantitative estimate of drug-likeness (QED) is 0.757. The van der Waals surface area contributed by atoms with E-state index in [-0.39, 0.29) is 5.02 Å². The van der Waals surface area contributed by atoms with Crippen LogP contribution in [0.2, 0.25) is 5.02 Å². The Morgan fingerprint density at radius 1 is 1.25 bits per heavy atom. The van der Waals surface area contributed by atoms with Crippen LogP contribution in [0.3, 0.4) is 0 Å². The van der Waals surface area contributed by atoms with Gasteiger partial charge in [-0.1, -0.05) is 11.6 Å². The second-order valence-corrected chi connectivity index (χ2v) is 5.94. The fourth-order valence-corrected chi connectivity index (χ4v) is 2.45. The summed E-state index contributed by atoms with van der Waals surface area (Å²) in [5.41, 5.74) is 1.73. The molecule has 0 saturated carbocycles. The summed E-state index contributed by atoms with van der Waals surface area (Å²) in [6.07, 6.45) is 0. The van der Waals surface area contributed by atoms with Gasteiger partial charge in [-0.2, -0.15) is 0 Å². The molecule has 2 rings (SSSR count). The van der Waals surface area contributed by atoms with Crippen molar-refractivity contribution in [1.29, 1.82) is 0 Å². The molecule has 0 amide bonds. The fourth-order valence-electron chi connectivity index (χ4n) is 2.05. The number of rotatable bonds is 6. The lowest BCUT2D eigenvalue weighted by molar-refractivity contribution is 0.415. The molecule has 0 saturated heterocycles. The zero-order valence-corrected chi connectivity index (χ0v) is 15.0. The van der Waals surface area contributed by atoms with Crippen LogP contribution in [0.5, 0.6) is 5.75 Å². The van der Waals surface area contributed by atoms with Gasteiger partial charge >= 0.3 is 0 Å². The Kier molecular flexibility index (Phi) is 6.63. The van der Waals surface area contributed by atoms with Crippen LogP contribution in [0, 0.1) is 5.82 Å². The highest BCUT2D eigenvalue weighted by Gasteiger charge is 2.04. The van der Waals surface area contributed by atoms with Gasteiger partial charge < -0.3 is 20.3 Å². The Balaban J connectivity index is 1.77. The largest absolute Gasteiger partial charge is 0.497 e. The maximum Gasteiger partial charge on any atom is 0.170 e. The molecule has 0 aliphatic heterocycles. The molecule has 0 aliphatic carbocycles. The molecule has 2 aromatic rings. The first-order valence-electron chi connectivity index (χ1n) is 7.34. The molecule has 0 heterocycles. The average Bonchev–Trinajstić information content (AvgIpc) is 2.58. The van der Waals surface area contributed by atoms with Crippen molar-refractivity contribution in [1.82, 2.24) is 5.32 Å². The molecular formula is C17H19ClFN3OS. The SMILES string of the molecule is COc1ccc(N(C)CCNC(=S)Nc2ccc(F)c(Cl)c2)cc1. The maximum atomic E-state index is 13.1. The lowest BCUT2D eigenvalue weighted by Gasteiger charge is -2.20. The van der Waals surface area contributed by atoms with Gasteiger partial charge in [0.05, 0.1) is 12.1 Å². The van der Waals surface area contributed by atoms with Gasteiger partial charge in [0.2, 0.25) is 0 Å². The number of thiocarbonyl (C=S) groups is 1. The van der Waals surface area contributed by atoms with Crippen LogP contribution in [0.25, 0.3) is 0 Å². The molecule has 0 radical (unpaired) electrons. The number of hydrogen-bond donors (Lipinski definition) is 2. The molecule has 0 bridgehead atoms. The van der Waals surface area contributed by atoms with E-state index in [9.17, 15) is 4.39 Å². The monoisotopic (exact) mass is 367 g/mol. The maximum absolute atomic E-state index is 13.1. The summed E-state index contributed by atoms with van der Waals surface area (Å²) in [4.78, 5) is 2.10. The third-order valence-corrected chi connectivity index (χ3v) is 3.96. The predicted molar refractivity (Wildman–Crippen MR) is 102 cm³/mol. The van der Waals surface area contributed by atoms with Crippen LogP contribution < -0.4 is 20.3 Å². The van der Waals surface area contributed by atoms with Crippen molar-refractivity contribution in [3.05, 3.63) is 53.3 Å². The molecule has 2 aromatic carbocycles. The summed E-state index contributed by atoms with van der Waals surface area (Å²) in [6, 6.07) is 12.2. The van der Waals surface area contributed by atoms with Crippen molar-refractivity contribution in [3.63, 3.8) is 0 Å². The van der Waals surface area contributed by atoms with Gasteiger partial charge in [0.25, 0.3) is 0 Å². The van der Waals surface area contributed by atoms with Crippen molar-refractivity contribution >= 4 is 40.3 Å². The highest BCUT2D eigenvalue weighted by Crippen LogP contribution is 2.19. The lowest BCUT2D eigenvalue weighted by Crippen LogP contribution is -2.35.